The molecule has 4 atom stereocenters. The van der Waals surface area contributed by atoms with E-state index in [2.05, 4.69) is 0 Å². The van der Waals surface area contributed by atoms with Crippen LogP contribution in [0.25, 0.3) is 0 Å². The van der Waals surface area contributed by atoms with E-state index in [0.717, 1.165) is 0 Å². The second-order valence-electron chi connectivity index (χ2n) is 3.06. The predicted molar refractivity (Wildman–Crippen MR) is 49.9 cm³/mol. The van der Waals surface area contributed by atoms with Crippen molar-refractivity contribution in [3.8, 4) is 0 Å². The first kappa shape index (κ1) is 13.0. The summed E-state index contributed by atoms with van der Waals surface area (Å²) < 4.78 is 6.61. The first-order chi connectivity index (χ1) is 7.84. The molecule has 6 N–H and O–H groups in total. The Morgan fingerprint density at radius 1 is 1.31 bits per heavy atom. The molecule has 0 bridgehead atoms. The quantitative estimate of drug-likeness (QED) is 0.259. The molecule has 1 amide bonds. The van der Waals surface area contributed by atoms with Crippen molar-refractivity contribution in [1.82, 2.24) is 5.32 Å². The molecule has 0 aliphatic carbocycles. The van der Waals surface area contributed by atoms with Gasteiger partial charge in [-0.3, -0.25) is 9.59 Å². The second kappa shape index (κ2) is 6.51. The molecule has 0 aromatic heterocycles. The van der Waals surface area contributed by atoms with Crippen LogP contribution in [-0.2, 0) is 9.59 Å². The maximum absolute atomic E-state index is 11.2. The van der Waals surface area contributed by atoms with Crippen molar-refractivity contribution < 1.29 is 36.5 Å². The summed E-state index contributed by atoms with van der Waals surface area (Å²) in [6.45, 7) is -1.61. The van der Waals surface area contributed by atoms with E-state index < -0.39 is 49.7 Å². The Morgan fingerprint density at radius 3 is 2.31 bits per heavy atom. The van der Waals surface area contributed by atoms with Crippen molar-refractivity contribution in [2.24, 2.45) is 0 Å². The summed E-state index contributed by atoms with van der Waals surface area (Å²) in [5.41, 5.74) is 0. The lowest BCUT2D eigenvalue weighted by molar-refractivity contribution is -0.151. The topological polar surface area (TPSA) is 147 Å². The van der Waals surface area contributed by atoms with Crippen molar-refractivity contribution >= 4 is 11.7 Å². The van der Waals surface area contributed by atoms with Gasteiger partial charge in [-0.15, -0.1) is 0 Å². The SMILES string of the molecule is [2H]CC(=O)NC(O)C(=O)[C@@H](O)[C@H](O)[C@H](O)CO. The third-order valence-corrected chi connectivity index (χ3v) is 1.76. The molecule has 8 nitrogen and oxygen atoms in total. The fraction of sp³-hybridized carbons (Fsp3) is 0.750. The molecular formula is C8H15NO7. The number of aliphatic hydroxyl groups is 5. The van der Waals surface area contributed by atoms with Crippen LogP contribution in [0.3, 0.4) is 0 Å². The van der Waals surface area contributed by atoms with Crippen LogP contribution in [0.2, 0.25) is 0 Å². The van der Waals surface area contributed by atoms with Crippen LogP contribution in [0, 0.1) is 0 Å². The molecule has 0 rings (SSSR count). The molecular weight excluding hydrogens is 222 g/mol. The minimum atomic E-state index is -2.17. The van der Waals surface area contributed by atoms with Gasteiger partial charge in [-0.05, 0) is 0 Å². The van der Waals surface area contributed by atoms with Crippen molar-refractivity contribution in [3.63, 3.8) is 0 Å². The Kier molecular flexibility index (Phi) is 5.29. The zero-order valence-corrected chi connectivity index (χ0v) is 8.28. The Morgan fingerprint density at radius 2 is 1.88 bits per heavy atom. The van der Waals surface area contributed by atoms with Crippen molar-refractivity contribution in [1.29, 1.82) is 0 Å². The normalized spacial score (nSPS) is 19.2. The van der Waals surface area contributed by atoms with E-state index in [0.29, 0.717) is 0 Å². The van der Waals surface area contributed by atoms with Gasteiger partial charge in [-0.25, -0.2) is 0 Å². The summed E-state index contributed by atoms with van der Waals surface area (Å²) >= 11 is 0. The lowest BCUT2D eigenvalue weighted by atomic mass is 10.0. The molecule has 0 radical (unpaired) electrons. The molecule has 0 saturated carbocycles. The number of hydrogen-bond acceptors (Lipinski definition) is 7. The third kappa shape index (κ3) is 4.21. The van der Waals surface area contributed by atoms with Crippen LogP contribution < -0.4 is 5.32 Å². The number of carbonyl (C=O) groups is 2. The number of amides is 1. The third-order valence-electron chi connectivity index (χ3n) is 1.76. The minimum Gasteiger partial charge on any atom is -0.394 e. The van der Waals surface area contributed by atoms with Gasteiger partial charge in [0.25, 0.3) is 0 Å². The van der Waals surface area contributed by atoms with Gasteiger partial charge in [0.2, 0.25) is 11.7 Å². The molecule has 0 aliphatic heterocycles. The van der Waals surface area contributed by atoms with Crippen LogP contribution in [0.4, 0.5) is 0 Å². The molecule has 0 aromatic carbocycles. The average molecular weight is 238 g/mol. The van der Waals surface area contributed by atoms with Gasteiger partial charge in [0.05, 0.1) is 6.61 Å². The number of rotatable bonds is 6. The van der Waals surface area contributed by atoms with E-state index in [-0.39, 0.29) is 0 Å². The average Bonchev–Trinajstić information content (AvgIpc) is 2.34. The molecule has 0 heterocycles. The maximum Gasteiger partial charge on any atom is 0.219 e. The first-order valence-electron chi connectivity index (χ1n) is 5.01. The number of aliphatic hydroxyl groups excluding tert-OH is 5. The van der Waals surface area contributed by atoms with E-state index in [1.807, 2.05) is 0 Å². The lowest BCUT2D eigenvalue weighted by Gasteiger charge is -2.22. The Bertz CT molecular complexity index is 275. The molecule has 16 heavy (non-hydrogen) atoms. The van der Waals surface area contributed by atoms with Crippen molar-refractivity contribution in [2.75, 3.05) is 6.61 Å². The van der Waals surface area contributed by atoms with Gasteiger partial charge in [0, 0.05) is 8.27 Å². The highest BCUT2D eigenvalue weighted by Gasteiger charge is 2.33. The number of ketones is 1. The van der Waals surface area contributed by atoms with Gasteiger partial charge in [0.15, 0.2) is 6.23 Å². The van der Waals surface area contributed by atoms with Crippen molar-refractivity contribution in [3.05, 3.63) is 0 Å². The van der Waals surface area contributed by atoms with Crippen LogP contribution in [0.15, 0.2) is 0 Å². The Hall–Kier alpha value is -1.06. The zero-order chi connectivity index (χ0) is 13.6. The largest absolute Gasteiger partial charge is 0.394 e. The van der Waals surface area contributed by atoms with E-state index in [1.165, 1.54) is 0 Å². The fourth-order valence-electron chi connectivity index (χ4n) is 0.872. The summed E-state index contributed by atoms with van der Waals surface area (Å²) in [4.78, 5) is 21.9. The smallest absolute Gasteiger partial charge is 0.219 e. The van der Waals surface area contributed by atoms with E-state index in [1.54, 1.807) is 5.32 Å². The van der Waals surface area contributed by atoms with Crippen LogP contribution in [0.5, 0.6) is 0 Å². The fourth-order valence-corrected chi connectivity index (χ4v) is 0.872. The van der Waals surface area contributed by atoms with Crippen LogP contribution in [-0.4, -0.2) is 68.4 Å². The molecule has 0 fully saturated rings. The van der Waals surface area contributed by atoms with Gasteiger partial charge in [0.1, 0.15) is 18.3 Å². The van der Waals surface area contributed by atoms with E-state index in [9.17, 15) is 14.7 Å². The van der Waals surface area contributed by atoms with Crippen LogP contribution >= 0.6 is 0 Å². The molecule has 94 valence electrons. The van der Waals surface area contributed by atoms with Gasteiger partial charge in [-0.2, -0.15) is 0 Å². The van der Waals surface area contributed by atoms with Gasteiger partial charge < -0.3 is 30.8 Å². The summed E-state index contributed by atoms with van der Waals surface area (Å²) in [5, 5.41) is 46.6. The summed E-state index contributed by atoms with van der Waals surface area (Å²) in [6.07, 6.45) is -8.01. The monoisotopic (exact) mass is 238 g/mol. The molecule has 0 saturated heterocycles. The zero-order valence-electron chi connectivity index (χ0n) is 9.28. The molecule has 1 unspecified atom stereocenters. The van der Waals surface area contributed by atoms with Gasteiger partial charge >= 0.3 is 0 Å². The van der Waals surface area contributed by atoms with Crippen molar-refractivity contribution in [2.45, 2.75) is 31.4 Å². The van der Waals surface area contributed by atoms with E-state index >= 15 is 0 Å². The number of hydrogen-bond donors (Lipinski definition) is 6. The first-order valence-corrected chi connectivity index (χ1v) is 4.30. The summed E-state index contributed by atoms with van der Waals surface area (Å²) in [5.74, 6) is -2.30. The Labute approximate surface area is 92.5 Å². The van der Waals surface area contributed by atoms with E-state index in [4.69, 9.17) is 21.8 Å². The maximum atomic E-state index is 11.2. The highest BCUT2D eigenvalue weighted by Crippen LogP contribution is 2.03. The number of Topliss-reactive ketones (excluding diaryl/α,β-unsaturated/α-hetero) is 1. The molecule has 8 heteroatoms. The minimum absolute atomic E-state index is 0.720. The summed E-state index contributed by atoms with van der Waals surface area (Å²) in [7, 11) is 0. The molecule has 0 aromatic rings. The Balaban J connectivity index is 4.43. The van der Waals surface area contributed by atoms with Crippen LogP contribution in [0.1, 0.15) is 8.27 Å². The highest BCUT2D eigenvalue weighted by atomic mass is 16.4. The number of nitrogens with one attached hydrogen (secondary N) is 1. The number of carbonyl (C=O) groups excluding carboxylic acids is 2. The lowest BCUT2D eigenvalue weighted by Crippen LogP contribution is -2.51. The second-order valence-corrected chi connectivity index (χ2v) is 3.06. The van der Waals surface area contributed by atoms with Gasteiger partial charge in [-0.1, -0.05) is 0 Å². The summed E-state index contributed by atoms with van der Waals surface area (Å²) in [6, 6.07) is 0. The molecule has 0 spiro atoms. The molecule has 0 aliphatic rings. The highest BCUT2D eigenvalue weighted by molar-refractivity contribution is 5.90. The predicted octanol–water partition coefficient (Wildman–Crippen LogP) is -3.91. The standard InChI is InChI=1S/C8H15NO7/c1-3(11)9-8(16)7(15)6(14)5(13)4(12)2-10/h4-6,8,10,12-14,16H,2H2,1H3,(H,9,11)/t4-,5-,6+,8?/m1/s1/i1D.